The maximum Gasteiger partial charge on any atom is 0.416 e. The molecule has 3 rings (SSSR count). The lowest BCUT2D eigenvalue weighted by atomic mass is 10.0. The Bertz CT molecular complexity index is 1170. The van der Waals surface area contributed by atoms with Crippen molar-refractivity contribution in [2.75, 3.05) is 18.1 Å². The van der Waals surface area contributed by atoms with E-state index in [-0.39, 0.29) is 0 Å². The van der Waals surface area contributed by atoms with Crippen LogP contribution in [0.2, 0.25) is 0 Å². The number of ether oxygens (including phenoxy) is 1. The van der Waals surface area contributed by atoms with Crippen LogP contribution in [0, 0.1) is 5.92 Å². The zero-order valence-electron chi connectivity index (χ0n) is 18.6. The van der Waals surface area contributed by atoms with E-state index in [9.17, 15) is 31.2 Å². The number of hydrogen-bond donors (Lipinski definition) is 1. The summed E-state index contributed by atoms with van der Waals surface area (Å²) >= 11 is 0. The summed E-state index contributed by atoms with van der Waals surface area (Å²) in [5.41, 5.74) is 0.593. The minimum Gasteiger partial charge on any atom is -0.454 e. The van der Waals surface area contributed by atoms with Gasteiger partial charge in [-0.2, -0.15) is 17.9 Å². The van der Waals surface area contributed by atoms with Crippen LogP contribution in [0.5, 0.6) is 0 Å². The number of nitrogens with one attached hydrogen (secondary N) is 1. The molecule has 1 aliphatic rings. The predicted octanol–water partition coefficient (Wildman–Crippen LogP) is 3.53. The van der Waals surface area contributed by atoms with Gasteiger partial charge in [-0.05, 0) is 42.2 Å². The summed E-state index contributed by atoms with van der Waals surface area (Å²) in [6.07, 6.45) is -3.68. The summed E-state index contributed by atoms with van der Waals surface area (Å²) in [5, 5.41) is 0. The molecule has 0 fully saturated rings. The number of rotatable bonds is 8. The number of halogens is 3. The number of hydrogen-bond acceptors (Lipinski definition) is 5. The Morgan fingerprint density at radius 1 is 1.15 bits per heavy atom. The fraction of sp³-hybridized carbons (Fsp3) is 0.391. The molecule has 11 heteroatoms. The van der Waals surface area contributed by atoms with Crippen LogP contribution in [-0.2, 0) is 36.9 Å². The molecular formula is C23H25F3N2O5S. The molecule has 1 N–H and O–H groups in total. The average Bonchev–Trinajstić information content (AvgIpc) is 3.24. The highest BCUT2D eigenvalue weighted by Gasteiger charge is 2.35. The van der Waals surface area contributed by atoms with Crippen molar-refractivity contribution in [3.63, 3.8) is 0 Å². The van der Waals surface area contributed by atoms with E-state index in [1.54, 1.807) is 26.0 Å². The van der Waals surface area contributed by atoms with Crippen LogP contribution in [-0.4, -0.2) is 39.5 Å². The first-order valence-electron chi connectivity index (χ1n) is 10.7. The number of para-hydroxylation sites is 1. The number of sulfonamides is 1. The number of benzene rings is 2. The standard InChI is InChI=1S/C23H25F3N2O5S/c1-3-15(2)21(27-34(31,32)18-9-6-8-17(13-18)23(24,25)26)22(30)33-14-20(29)28-12-11-16-7-4-5-10-19(16)28/h4-10,13,15,21,27H,3,11-12,14H2,1-2H3/t15-,21-/m0/s1. The summed E-state index contributed by atoms with van der Waals surface area (Å²) in [4.78, 5) is 26.2. The molecule has 0 unspecified atom stereocenters. The Morgan fingerprint density at radius 2 is 1.85 bits per heavy atom. The molecule has 7 nitrogen and oxygen atoms in total. The SMILES string of the molecule is CC[C@H](C)[C@H](NS(=O)(=O)c1cccc(C(F)(F)F)c1)C(=O)OCC(=O)N1CCc2ccccc21. The molecule has 1 amide bonds. The first-order chi connectivity index (χ1) is 15.9. The molecule has 0 bridgehead atoms. The van der Waals surface area contributed by atoms with Crippen molar-refractivity contribution >= 4 is 27.6 Å². The van der Waals surface area contributed by atoms with Gasteiger partial charge in [0.1, 0.15) is 6.04 Å². The Labute approximate surface area is 196 Å². The van der Waals surface area contributed by atoms with Crippen molar-refractivity contribution < 1.29 is 35.9 Å². The van der Waals surface area contributed by atoms with Crippen LogP contribution in [0.4, 0.5) is 18.9 Å². The summed E-state index contributed by atoms with van der Waals surface area (Å²) in [7, 11) is -4.48. The smallest absolute Gasteiger partial charge is 0.416 e. The highest BCUT2D eigenvalue weighted by Crippen LogP contribution is 2.31. The zero-order chi connectivity index (χ0) is 25.1. The minimum atomic E-state index is -4.73. The predicted molar refractivity (Wildman–Crippen MR) is 118 cm³/mol. The van der Waals surface area contributed by atoms with E-state index in [0.717, 1.165) is 29.4 Å². The third kappa shape index (κ3) is 5.76. The molecule has 2 aromatic rings. The Kier molecular flexibility index (Phi) is 7.67. The Hall–Kier alpha value is -2.92. The molecule has 2 atom stereocenters. The third-order valence-corrected chi connectivity index (χ3v) is 7.19. The second-order valence-corrected chi connectivity index (χ2v) is 9.76. The Balaban J connectivity index is 1.72. The topological polar surface area (TPSA) is 92.8 Å². The fourth-order valence-electron chi connectivity index (χ4n) is 3.60. The fourth-order valence-corrected chi connectivity index (χ4v) is 4.94. The van der Waals surface area contributed by atoms with Gasteiger partial charge in [-0.3, -0.25) is 9.59 Å². The van der Waals surface area contributed by atoms with Crippen molar-refractivity contribution in [2.24, 2.45) is 5.92 Å². The summed E-state index contributed by atoms with van der Waals surface area (Å²) in [6, 6.07) is 9.17. The maximum atomic E-state index is 13.0. The van der Waals surface area contributed by atoms with Gasteiger partial charge in [-0.25, -0.2) is 8.42 Å². The maximum absolute atomic E-state index is 13.0. The van der Waals surface area contributed by atoms with Gasteiger partial charge >= 0.3 is 12.1 Å². The van der Waals surface area contributed by atoms with Crippen LogP contribution in [0.25, 0.3) is 0 Å². The Morgan fingerprint density at radius 3 is 2.53 bits per heavy atom. The van der Waals surface area contributed by atoms with Crippen molar-refractivity contribution in [1.29, 1.82) is 0 Å². The van der Waals surface area contributed by atoms with E-state index >= 15 is 0 Å². The van der Waals surface area contributed by atoms with Crippen LogP contribution in [0.1, 0.15) is 31.4 Å². The zero-order valence-corrected chi connectivity index (χ0v) is 19.4. The first kappa shape index (κ1) is 25.7. The number of alkyl halides is 3. The molecule has 0 saturated heterocycles. The molecule has 2 aromatic carbocycles. The van der Waals surface area contributed by atoms with Gasteiger partial charge in [0.25, 0.3) is 5.91 Å². The van der Waals surface area contributed by atoms with Gasteiger partial charge < -0.3 is 9.64 Å². The summed E-state index contributed by atoms with van der Waals surface area (Å²) in [6.45, 7) is 3.16. The van der Waals surface area contributed by atoms with Gasteiger partial charge in [-0.15, -0.1) is 0 Å². The number of carbonyl (C=O) groups is 2. The normalized spacial score (nSPS) is 15.5. The second-order valence-electron chi connectivity index (χ2n) is 8.04. The number of amides is 1. The van der Waals surface area contributed by atoms with E-state index in [1.165, 1.54) is 4.90 Å². The van der Waals surface area contributed by atoms with Crippen molar-refractivity contribution in [1.82, 2.24) is 4.72 Å². The van der Waals surface area contributed by atoms with Gasteiger partial charge in [0, 0.05) is 12.2 Å². The molecule has 184 valence electrons. The number of nitrogens with zero attached hydrogens (tertiary/aromatic N) is 1. The van der Waals surface area contributed by atoms with Crippen LogP contribution < -0.4 is 9.62 Å². The summed E-state index contributed by atoms with van der Waals surface area (Å²) in [5.74, 6) is -1.98. The average molecular weight is 499 g/mol. The van der Waals surface area contributed by atoms with E-state index < -0.39 is 57.1 Å². The molecule has 1 aliphatic heterocycles. The van der Waals surface area contributed by atoms with Gasteiger partial charge in [0.05, 0.1) is 10.5 Å². The van der Waals surface area contributed by atoms with E-state index in [2.05, 4.69) is 4.72 Å². The molecule has 0 aromatic heterocycles. The minimum absolute atomic E-state index is 0.373. The lowest BCUT2D eigenvalue weighted by Gasteiger charge is -2.23. The van der Waals surface area contributed by atoms with Crippen molar-refractivity contribution in [3.8, 4) is 0 Å². The van der Waals surface area contributed by atoms with Crippen LogP contribution >= 0.6 is 0 Å². The molecule has 0 spiro atoms. The van der Waals surface area contributed by atoms with E-state index in [1.807, 2.05) is 12.1 Å². The lowest BCUT2D eigenvalue weighted by Crippen LogP contribution is -2.46. The molecular weight excluding hydrogens is 473 g/mol. The van der Waals surface area contributed by atoms with Gasteiger partial charge in [0.2, 0.25) is 10.0 Å². The monoisotopic (exact) mass is 498 g/mol. The molecule has 1 heterocycles. The molecule has 0 radical (unpaired) electrons. The van der Waals surface area contributed by atoms with Crippen molar-refractivity contribution in [3.05, 3.63) is 59.7 Å². The molecule has 34 heavy (non-hydrogen) atoms. The second kappa shape index (κ2) is 10.1. The van der Waals surface area contributed by atoms with Gasteiger partial charge in [0.15, 0.2) is 6.61 Å². The van der Waals surface area contributed by atoms with E-state index in [0.29, 0.717) is 25.5 Å². The van der Waals surface area contributed by atoms with Crippen LogP contribution in [0.15, 0.2) is 53.4 Å². The number of fused-ring (bicyclic) bond motifs is 1. The third-order valence-electron chi connectivity index (χ3n) is 5.75. The summed E-state index contributed by atoms with van der Waals surface area (Å²) < 4.78 is 71.8. The first-order valence-corrected chi connectivity index (χ1v) is 12.2. The quantitative estimate of drug-likeness (QED) is 0.562. The number of esters is 1. The van der Waals surface area contributed by atoms with Crippen LogP contribution in [0.3, 0.4) is 0 Å². The largest absolute Gasteiger partial charge is 0.454 e. The number of anilines is 1. The van der Waals surface area contributed by atoms with Gasteiger partial charge in [-0.1, -0.05) is 44.5 Å². The molecule has 0 saturated carbocycles. The highest BCUT2D eigenvalue weighted by atomic mass is 32.2. The number of carbonyl (C=O) groups excluding carboxylic acids is 2. The van der Waals surface area contributed by atoms with E-state index in [4.69, 9.17) is 4.74 Å². The molecule has 0 aliphatic carbocycles. The van der Waals surface area contributed by atoms with Crippen molar-refractivity contribution in [2.45, 2.75) is 43.8 Å². The lowest BCUT2D eigenvalue weighted by molar-refractivity contribution is -0.150. The highest BCUT2D eigenvalue weighted by molar-refractivity contribution is 7.89.